The Morgan fingerprint density at radius 1 is 1.11 bits per heavy atom. The van der Waals surface area contributed by atoms with Gasteiger partial charge in [0.25, 0.3) is 0 Å². The number of rotatable bonds is 13. The quantitative estimate of drug-likeness (QED) is 0.398. The van der Waals surface area contributed by atoms with Crippen LogP contribution in [0.1, 0.15) is 44.7 Å². The summed E-state index contributed by atoms with van der Waals surface area (Å²) in [7, 11) is -2.15. The summed E-state index contributed by atoms with van der Waals surface area (Å²) in [6.07, 6.45) is 1.45. The third kappa shape index (κ3) is 9.23. The first kappa shape index (κ1) is 30.4. The molecule has 0 radical (unpaired) electrons. The minimum Gasteiger partial charge on any atom is -0.495 e. The van der Waals surface area contributed by atoms with Crippen molar-refractivity contribution in [2.75, 3.05) is 30.8 Å². The molecule has 1 atom stereocenters. The van der Waals surface area contributed by atoms with Crippen LogP contribution in [0, 0.1) is 12.8 Å². The molecule has 0 spiro atoms. The van der Waals surface area contributed by atoms with Crippen molar-refractivity contribution in [1.29, 1.82) is 0 Å². The number of anilines is 1. The Morgan fingerprint density at radius 2 is 1.81 bits per heavy atom. The standard InChI is InChI=1S/C27H38ClN3O5S/c1-19(2)17-29-27(33)21(4)30(18-22-10-7-9-20(3)15-22)26(32)11-8-14-31(37(6,34)35)23-12-13-25(36-5)24(28)16-23/h7,9-10,12-13,15-16,19,21H,8,11,14,17-18H2,1-6H3,(H,29,33)/t21-/m1/s1. The van der Waals surface area contributed by atoms with Gasteiger partial charge < -0.3 is 15.0 Å². The largest absolute Gasteiger partial charge is 0.495 e. The van der Waals surface area contributed by atoms with Crippen molar-refractivity contribution in [2.24, 2.45) is 5.92 Å². The Kier molecular flexibility index (Phi) is 11.3. The Hall–Kier alpha value is -2.78. The lowest BCUT2D eigenvalue weighted by molar-refractivity contribution is -0.140. The molecule has 0 bridgehead atoms. The molecule has 0 aliphatic carbocycles. The van der Waals surface area contributed by atoms with E-state index in [1.54, 1.807) is 24.0 Å². The number of nitrogens with zero attached hydrogens (tertiary/aromatic N) is 2. The normalized spacial score (nSPS) is 12.2. The van der Waals surface area contributed by atoms with Gasteiger partial charge in [0.2, 0.25) is 21.8 Å². The molecule has 0 unspecified atom stereocenters. The number of methoxy groups -OCH3 is 1. The van der Waals surface area contributed by atoms with Gasteiger partial charge in [-0.1, -0.05) is 55.3 Å². The number of sulfonamides is 1. The molecule has 2 amide bonds. The van der Waals surface area contributed by atoms with Crippen LogP contribution < -0.4 is 14.4 Å². The average molecular weight is 552 g/mol. The zero-order valence-corrected chi connectivity index (χ0v) is 24.0. The van der Waals surface area contributed by atoms with E-state index in [4.69, 9.17) is 16.3 Å². The first-order chi connectivity index (χ1) is 17.3. The number of amides is 2. The highest BCUT2D eigenvalue weighted by atomic mass is 35.5. The molecule has 0 saturated carbocycles. The first-order valence-corrected chi connectivity index (χ1v) is 14.5. The van der Waals surface area contributed by atoms with Gasteiger partial charge in [-0.05, 0) is 49.9 Å². The van der Waals surface area contributed by atoms with Gasteiger partial charge in [-0.25, -0.2) is 8.42 Å². The molecule has 0 aliphatic heterocycles. The fraction of sp³-hybridized carbons (Fsp3) is 0.481. The number of halogens is 1. The monoisotopic (exact) mass is 551 g/mol. The summed E-state index contributed by atoms with van der Waals surface area (Å²) in [5, 5.41) is 3.19. The van der Waals surface area contributed by atoms with E-state index < -0.39 is 16.1 Å². The van der Waals surface area contributed by atoms with Gasteiger partial charge in [-0.15, -0.1) is 0 Å². The summed E-state index contributed by atoms with van der Waals surface area (Å²) in [5.41, 5.74) is 2.37. The van der Waals surface area contributed by atoms with Crippen molar-refractivity contribution in [2.45, 2.75) is 53.1 Å². The topological polar surface area (TPSA) is 96.0 Å². The Labute approximate surface area is 226 Å². The maximum Gasteiger partial charge on any atom is 0.242 e. The molecule has 0 heterocycles. The van der Waals surface area contributed by atoms with Crippen LogP contribution in [0.2, 0.25) is 5.02 Å². The van der Waals surface area contributed by atoms with Crippen LogP contribution in [0.4, 0.5) is 5.69 Å². The van der Waals surface area contributed by atoms with Crippen LogP contribution in [0.15, 0.2) is 42.5 Å². The average Bonchev–Trinajstić information content (AvgIpc) is 2.82. The first-order valence-electron chi connectivity index (χ1n) is 12.3. The fourth-order valence-corrected chi connectivity index (χ4v) is 5.07. The summed E-state index contributed by atoms with van der Waals surface area (Å²) in [4.78, 5) is 27.7. The summed E-state index contributed by atoms with van der Waals surface area (Å²) in [5.74, 6) is 0.270. The zero-order valence-electron chi connectivity index (χ0n) is 22.5. The summed E-state index contributed by atoms with van der Waals surface area (Å²) >= 11 is 6.20. The van der Waals surface area contributed by atoms with Crippen molar-refractivity contribution in [1.82, 2.24) is 10.2 Å². The van der Waals surface area contributed by atoms with Crippen LogP contribution in [-0.4, -0.2) is 57.6 Å². The molecule has 2 aromatic rings. The van der Waals surface area contributed by atoms with Crippen molar-refractivity contribution >= 4 is 39.1 Å². The van der Waals surface area contributed by atoms with E-state index in [0.717, 1.165) is 17.4 Å². The molecule has 204 valence electrons. The van der Waals surface area contributed by atoms with Gasteiger partial charge in [-0.3, -0.25) is 13.9 Å². The Morgan fingerprint density at radius 3 is 2.38 bits per heavy atom. The van der Waals surface area contributed by atoms with Gasteiger partial charge in [-0.2, -0.15) is 0 Å². The second kappa shape index (κ2) is 13.7. The van der Waals surface area contributed by atoms with Gasteiger partial charge >= 0.3 is 0 Å². The summed E-state index contributed by atoms with van der Waals surface area (Å²) in [6, 6.07) is 11.8. The predicted molar refractivity (Wildman–Crippen MR) is 148 cm³/mol. The van der Waals surface area contributed by atoms with Gasteiger partial charge in [0.1, 0.15) is 11.8 Å². The van der Waals surface area contributed by atoms with E-state index in [-0.39, 0.29) is 48.7 Å². The number of ether oxygens (including phenoxy) is 1. The summed E-state index contributed by atoms with van der Waals surface area (Å²) < 4.78 is 31.4. The minimum atomic E-state index is -3.63. The van der Waals surface area contributed by atoms with E-state index >= 15 is 0 Å². The Bertz CT molecular complexity index is 1190. The molecule has 0 saturated heterocycles. The molecule has 10 heteroatoms. The van der Waals surface area contributed by atoms with Crippen LogP contribution in [0.5, 0.6) is 5.75 Å². The highest BCUT2D eigenvalue weighted by Crippen LogP contribution is 2.30. The second-order valence-electron chi connectivity index (χ2n) is 9.58. The van der Waals surface area contributed by atoms with Crippen LogP contribution >= 0.6 is 11.6 Å². The number of carbonyl (C=O) groups excluding carboxylic acids is 2. The smallest absolute Gasteiger partial charge is 0.242 e. The molecule has 0 aromatic heterocycles. The molecule has 2 aromatic carbocycles. The lowest BCUT2D eigenvalue weighted by Gasteiger charge is -2.30. The van der Waals surface area contributed by atoms with Crippen molar-refractivity contribution in [3.63, 3.8) is 0 Å². The van der Waals surface area contributed by atoms with E-state index in [9.17, 15) is 18.0 Å². The molecule has 37 heavy (non-hydrogen) atoms. The number of benzene rings is 2. The maximum atomic E-state index is 13.4. The molecule has 0 fully saturated rings. The van der Waals surface area contributed by atoms with Crippen LogP contribution in [0.25, 0.3) is 0 Å². The highest BCUT2D eigenvalue weighted by Gasteiger charge is 2.27. The highest BCUT2D eigenvalue weighted by molar-refractivity contribution is 7.92. The fourth-order valence-electron chi connectivity index (χ4n) is 3.86. The van der Waals surface area contributed by atoms with Crippen LogP contribution in [0.3, 0.4) is 0 Å². The number of aryl methyl sites for hydroxylation is 1. The number of nitrogens with one attached hydrogen (secondary N) is 1. The SMILES string of the molecule is COc1ccc(N(CCCC(=O)N(Cc2cccc(C)c2)[C@H](C)C(=O)NCC(C)C)S(C)(=O)=O)cc1Cl. The van der Waals surface area contributed by atoms with Gasteiger partial charge in [0.15, 0.2) is 0 Å². The maximum absolute atomic E-state index is 13.4. The molecule has 8 nitrogen and oxygen atoms in total. The third-order valence-electron chi connectivity index (χ3n) is 5.86. The third-order valence-corrected chi connectivity index (χ3v) is 7.35. The molecule has 2 rings (SSSR count). The minimum absolute atomic E-state index is 0.0729. The lowest BCUT2D eigenvalue weighted by atomic mass is 10.1. The van der Waals surface area contributed by atoms with E-state index in [2.05, 4.69) is 5.32 Å². The zero-order chi connectivity index (χ0) is 27.8. The van der Waals surface area contributed by atoms with Crippen molar-refractivity contribution < 1.29 is 22.7 Å². The summed E-state index contributed by atoms with van der Waals surface area (Å²) in [6.45, 7) is 8.57. The lowest BCUT2D eigenvalue weighted by Crippen LogP contribution is -2.48. The molecular formula is C27H38ClN3O5S. The van der Waals surface area contributed by atoms with E-state index in [0.29, 0.717) is 18.0 Å². The van der Waals surface area contributed by atoms with Gasteiger partial charge in [0, 0.05) is 26.1 Å². The van der Waals surface area contributed by atoms with Crippen molar-refractivity contribution in [3.8, 4) is 5.75 Å². The number of hydrogen-bond acceptors (Lipinski definition) is 5. The molecule has 0 aliphatic rings. The molecule has 1 N–H and O–H groups in total. The van der Waals surface area contributed by atoms with E-state index in [1.807, 2.05) is 45.0 Å². The second-order valence-corrected chi connectivity index (χ2v) is 11.9. The van der Waals surface area contributed by atoms with Crippen LogP contribution in [-0.2, 0) is 26.2 Å². The Balaban J connectivity index is 2.18. The number of hydrogen-bond donors (Lipinski definition) is 1. The van der Waals surface area contributed by atoms with Crippen molar-refractivity contribution in [3.05, 3.63) is 58.6 Å². The number of carbonyl (C=O) groups is 2. The van der Waals surface area contributed by atoms with E-state index in [1.165, 1.54) is 17.5 Å². The predicted octanol–water partition coefficient (Wildman–Crippen LogP) is 4.39. The molecular weight excluding hydrogens is 514 g/mol. The van der Waals surface area contributed by atoms with Gasteiger partial charge in [0.05, 0.1) is 24.1 Å².